The summed E-state index contributed by atoms with van der Waals surface area (Å²) in [4.78, 5) is 23.9. The van der Waals surface area contributed by atoms with Crippen LogP contribution >= 0.6 is 0 Å². The highest BCUT2D eigenvalue weighted by atomic mass is 16.4. The lowest BCUT2D eigenvalue weighted by atomic mass is 9.82. The number of fused-ring (bicyclic) bond motifs is 2. The standard InChI is InChI=1S/C17H19NO3/c1-2-10-3-7-13(8-4-10)18-16(19)14-11-5-6-12(9-11)15(14)17(20)21/h3-8,11-12,14-15H,2,9H2,1H3,(H,18,19)(H,20,21)/t11-,12-,14-,15-/m0/s1. The highest BCUT2D eigenvalue weighted by Gasteiger charge is 2.51. The number of hydrogen-bond donors (Lipinski definition) is 2. The lowest BCUT2D eigenvalue weighted by molar-refractivity contribution is -0.146. The van der Waals surface area contributed by atoms with Crippen molar-refractivity contribution in [2.75, 3.05) is 5.32 Å². The Morgan fingerprint density at radius 3 is 2.33 bits per heavy atom. The maximum absolute atomic E-state index is 12.5. The Balaban J connectivity index is 1.75. The number of benzene rings is 1. The molecular weight excluding hydrogens is 266 g/mol. The smallest absolute Gasteiger partial charge is 0.307 e. The van der Waals surface area contributed by atoms with E-state index in [0.29, 0.717) is 0 Å². The number of amides is 1. The van der Waals surface area contributed by atoms with Crippen molar-refractivity contribution < 1.29 is 14.7 Å². The van der Waals surface area contributed by atoms with Gasteiger partial charge in [-0.1, -0.05) is 31.2 Å². The third kappa shape index (κ3) is 2.46. The van der Waals surface area contributed by atoms with Crippen LogP contribution in [0.2, 0.25) is 0 Å². The second-order valence-electron chi connectivity index (χ2n) is 5.88. The van der Waals surface area contributed by atoms with Gasteiger partial charge in [0.25, 0.3) is 0 Å². The van der Waals surface area contributed by atoms with Crippen molar-refractivity contribution in [2.24, 2.45) is 23.7 Å². The Bertz CT molecular complexity index is 591. The van der Waals surface area contributed by atoms with Crippen LogP contribution in [0.15, 0.2) is 36.4 Å². The molecule has 4 heteroatoms. The fourth-order valence-electron chi connectivity index (χ4n) is 3.57. The predicted octanol–water partition coefficient (Wildman–Crippen LogP) is 2.71. The van der Waals surface area contributed by atoms with Crippen molar-refractivity contribution in [1.82, 2.24) is 0 Å². The van der Waals surface area contributed by atoms with Gasteiger partial charge < -0.3 is 10.4 Å². The summed E-state index contributed by atoms with van der Waals surface area (Å²) in [6.45, 7) is 2.08. The van der Waals surface area contributed by atoms with Crippen LogP contribution in [-0.2, 0) is 16.0 Å². The monoisotopic (exact) mass is 285 g/mol. The summed E-state index contributed by atoms with van der Waals surface area (Å²) < 4.78 is 0. The molecule has 0 saturated heterocycles. The Kier molecular flexibility index (Phi) is 3.53. The largest absolute Gasteiger partial charge is 0.481 e. The molecule has 4 atom stereocenters. The third-order valence-electron chi connectivity index (χ3n) is 4.68. The number of allylic oxidation sites excluding steroid dienone is 2. The molecule has 0 radical (unpaired) electrons. The van der Waals surface area contributed by atoms with Crippen molar-refractivity contribution in [3.63, 3.8) is 0 Å². The molecule has 0 unspecified atom stereocenters. The molecule has 0 spiro atoms. The highest BCUT2D eigenvalue weighted by molar-refractivity contribution is 5.96. The first-order valence-electron chi connectivity index (χ1n) is 7.41. The van der Waals surface area contributed by atoms with Crippen LogP contribution in [0, 0.1) is 23.7 Å². The van der Waals surface area contributed by atoms with Crippen molar-refractivity contribution in [2.45, 2.75) is 19.8 Å². The Hall–Kier alpha value is -2.10. The number of nitrogens with one attached hydrogen (secondary N) is 1. The fraction of sp³-hybridized carbons (Fsp3) is 0.412. The fourth-order valence-corrected chi connectivity index (χ4v) is 3.57. The number of aryl methyl sites for hydroxylation is 1. The number of carboxylic acid groups (broad SMARTS) is 1. The van der Waals surface area contributed by atoms with Crippen LogP contribution in [0.1, 0.15) is 18.9 Å². The zero-order chi connectivity index (χ0) is 15.0. The average molecular weight is 285 g/mol. The highest BCUT2D eigenvalue weighted by Crippen LogP contribution is 2.48. The molecule has 2 N–H and O–H groups in total. The van der Waals surface area contributed by atoms with Crippen LogP contribution in [0.25, 0.3) is 0 Å². The first kappa shape index (κ1) is 13.9. The van der Waals surface area contributed by atoms with Gasteiger partial charge in [-0.15, -0.1) is 0 Å². The number of anilines is 1. The summed E-state index contributed by atoms with van der Waals surface area (Å²) in [6.07, 6.45) is 5.67. The summed E-state index contributed by atoms with van der Waals surface area (Å²) in [6, 6.07) is 7.70. The van der Waals surface area contributed by atoms with E-state index in [0.717, 1.165) is 18.5 Å². The second kappa shape index (κ2) is 5.35. The number of hydrogen-bond acceptors (Lipinski definition) is 2. The Morgan fingerprint density at radius 1 is 1.14 bits per heavy atom. The van der Waals surface area contributed by atoms with Gasteiger partial charge in [0.1, 0.15) is 0 Å². The van der Waals surface area contributed by atoms with Gasteiger partial charge in [-0.2, -0.15) is 0 Å². The molecule has 1 aromatic carbocycles. The molecule has 1 saturated carbocycles. The van der Waals surface area contributed by atoms with Crippen molar-refractivity contribution in [1.29, 1.82) is 0 Å². The Labute approximate surface area is 123 Å². The first-order chi connectivity index (χ1) is 10.1. The van der Waals surface area contributed by atoms with E-state index in [2.05, 4.69) is 12.2 Å². The van der Waals surface area contributed by atoms with Gasteiger partial charge in [0.15, 0.2) is 0 Å². The molecule has 0 aromatic heterocycles. The summed E-state index contributed by atoms with van der Waals surface area (Å²) >= 11 is 0. The van der Waals surface area contributed by atoms with Gasteiger partial charge in [0, 0.05) is 5.69 Å². The van der Waals surface area contributed by atoms with Crippen molar-refractivity contribution in [3.05, 3.63) is 42.0 Å². The van der Waals surface area contributed by atoms with Gasteiger partial charge in [-0.25, -0.2) is 0 Å². The molecule has 0 heterocycles. The van der Waals surface area contributed by atoms with Gasteiger partial charge in [0.2, 0.25) is 5.91 Å². The number of carbonyl (C=O) groups is 2. The van der Waals surface area contributed by atoms with E-state index in [9.17, 15) is 14.7 Å². The second-order valence-corrected chi connectivity index (χ2v) is 5.88. The SMILES string of the molecule is CCc1ccc(NC(=O)[C@@H]2[C@@H](C(=O)O)[C@H]3C=C[C@H]2C3)cc1. The molecular formula is C17H19NO3. The number of aliphatic carboxylic acids is 1. The van der Waals surface area contributed by atoms with Crippen LogP contribution in [-0.4, -0.2) is 17.0 Å². The maximum Gasteiger partial charge on any atom is 0.307 e. The molecule has 4 nitrogen and oxygen atoms in total. The summed E-state index contributed by atoms with van der Waals surface area (Å²) in [7, 11) is 0. The molecule has 3 rings (SSSR count). The van der Waals surface area contributed by atoms with E-state index in [1.54, 1.807) is 0 Å². The van der Waals surface area contributed by atoms with E-state index >= 15 is 0 Å². The molecule has 2 aliphatic rings. The average Bonchev–Trinajstić information content (AvgIpc) is 3.08. The van der Waals surface area contributed by atoms with Crippen LogP contribution in [0.4, 0.5) is 5.69 Å². The van der Waals surface area contributed by atoms with Gasteiger partial charge in [0.05, 0.1) is 11.8 Å². The van der Waals surface area contributed by atoms with E-state index in [1.807, 2.05) is 36.4 Å². The normalized spacial score (nSPS) is 29.6. The minimum absolute atomic E-state index is 0.00529. The molecule has 1 aromatic rings. The quantitative estimate of drug-likeness (QED) is 0.836. The van der Waals surface area contributed by atoms with Gasteiger partial charge >= 0.3 is 5.97 Å². The van der Waals surface area contributed by atoms with Crippen LogP contribution < -0.4 is 5.32 Å². The Morgan fingerprint density at radius 2 is 1.76 bits per heavy atom. The molecule has 21 heavy (non-hydrogen) atoms. The topological polar surface area (TPSA) is 66.4 Å². The third-order valence-corrected chi connectivity index (χ3v) is 4.68. The molecule has 2 bridgehead atoms. The van der Waals surface area contributed by atoms with Crippen LogP contribution in [0.3, 0.4) is 0 Å². The number of rotatable bonds is 4. The zero-order valence-corrected chi connectivity index (χ0v) is 12.0. The van der Waals surface area contributed by atoms with E-state index < -0.39 is 17.8 Å². The lowest BCUT2D eigenvalue weighted by Gasteiger charge is -2.23. The van der Waals surface area contributed by atoms with Crippen LogP contribution in [0.5, 0.6) is 0 Å². The van der Waals surface area contributed by atoms with Gasteiger partial charge in [-0.3, -0.25) is 9.59 Å². The molecule has 110 valence electrons. The first-order valence-corrected chi connectivity index (χ1v) is 7.41. The van der Waals surface area contributed by atoms with E-state index in [1.165, 1.54) is 5.56 Å². The lowest BCUT2D eigenvalue weighted by Crippen LogP contribution is -2.36. The van der Waals surface area contributed by atoms with Crippen molar-refractivity contribution >= 4 is 17.6 Å². The maximum atomic E-state index is 12.5. The predicted molar refractivity (Wildman–Crippen MR) is 79.8 cm³/mol. The summed E-state index contributed by atoms with van der Waals surface area (Å²) in [5, 5.41) is 12.2. The van der Waals surface area contributed by atoms with Gasteiger partial charge in [-0.05, 0) is 42.4 Å². The molecule has 1 amide bonds. The van der Waals surface area contributed by atoms with E-state index in [-0.39, 0.29) is 17.7 Å². The zero-order valence-electron chi connectivity index (χ0n) is 12.0. The minimum atomic E-state index is -0.867. The molecule has 0 aliphatic heterocycles. The minimum Gasteiger partial charge on any atom is -0.481 e. The number of carbonyl (C=O) groups excluding carboxylic acids is 1. The molecule has 1 fully saturated rings. The molecule has 2 aliphatic carbocycles. The van der Waals surface area contributed by atoms with E-state index in [4.69, 9.17) is 0 Å². The number of carboxylic acids is 1. The summed E-state index contributed by atoms with van der Waals surface area (Å²) in [5.74, 6) is -2.02. The summed E-state index contributed by atoms with van der Waals surface area (Å²) in [5.41, 5.74) is 1.94. The van der Waals surface area contributed by atoms with Crippen molar-refractivity contribution in [3.8, 4) is 0 Å².